The molecular weight excluding hydrogens is 314 g/mol. The van der Waals surface area contributed by atoms with Crippen molar-refractivity contribution in [1.82, 2.24) is 5.43 Å². The standard InChI is InChI=1S/C20H17N3O2/c1-14-6-4-10-17(12-14)22-19(24)20(25)23-21-13-16-9-5-8-15-7-2-3-11-18(15)16/h2-13H,1H3,(H,22,24)(H,23,25)/b21-13-. The summed E-state index contributed by atoms with van der Waals surface area (Å²) in [5.74, 6) is -1.58. The van der Waals surface area contributed by atoms with E-state index in [4.69, 9.17) is 0 Å². The van der Waals surface area contributed by atoms with Crippen molar-refractivity contribution >= 4 is 34.5 Å². The van der Waals surface area contributed by atoms with Crippen LogP contribution in [0.5, 0.6) is 0 Å². The molecule has 2 N–H and O–H groups in total. The maximum absolute atomic E-state index is 11.9. The summed E-state index contributed by atoms with van der Waals surface area (Å²) in [6.07, 6.45) is 1.53. The van der Waals surface area contributed by atoms with E-state index in [0.717, 1.165) is 21.9 Å². The van der Waals surface area contributed by atoms with Crippen LogP contribution in [-0.4, -0.2) is 18.0 Å². The molecule has 0 bridgehead atoms. The summed E-state index contributed by atoms with van der Waals surface area (Å²) in [5.41, 5.74) is 4.67. The molecule has 3 aromatic rings. The average molecular weight is 331 g/mol. The van der Waals surface area contributed by atoms with Gasteiger partial charge in [-0.1, -0.05) is 54.6 Å². The Labute approximate surface area is 145 Å². The molecule has 0 radical (unpaired) electrons. The molecule has 0 aliphatic heterocycles. The molecule has 2 amide bonds. The number of carbonyl (C=O) groups excluding carboxylic acids is 2. The predicted octanol–water partition coefficient (Wildman–Crippen LogP) is 3.24. The van der Waals surface area contributed by atoms with E-state index in [1.165, 1.54) is 6.21 Å². The number of amides is 2. The molecule has 5 nitrogen and oxygen atoms in total. The highest BCUT2D eigenvalue weighted by Gasteiger charge is 2.12. The van der Waals surface area contributed by atoms with Gasteiger partial charge in [0.1, 0.15) is 0 Å². The lowest BCUT2D eigenvalue weighted by Crippen LogP contribution is -2.32. The van der Waals surface area contributed by atoms with Crippen LogP contribution in [0.4, 0.5) is 5.69 Å². The van der Waals surface area contributed by atoms with Gasteiger partial charge in [-0.3, -0.25) is 9.59 Å². The van der Waals surface area contributed by atoms with Gasteiger partial charge in [0.25, 0.3) is 0 Å². The number of benzene rings is 3. The molecule has 0 fully saturated rings. The number of hydrogen-bond acceptors (Lipinski definition) is 3. The number of fused-ring (bicyclic) bond motifs is 1. The van der Waals surface area contributed by atoms with E-state index in [1.54, 1.807) is 12.1 Å². The Morgan fingerprint density at radius 2 is 1.68 bits per heavy atom. The van der Waals surface area contributed by atoms with Crippen molar-refractivity contribution in [2.24, 2.45) is 5.10 Å². The van der Waals surface area contributed by atoms with Gasteiger partial charge in [-0.25, -0.2) is 5.43 Å². The highest BCUT2D eigenvalue weighted by Crippen LogP contribution is 2.16. The van der Waals surface area contributed by atoms with Crippen molar-refractivity contribution < 1.29 is 9.59 Å². The molecule has 25 heavy (non-hydrogen) atoms. The second-order valence-electron chi connectivity index (χ2n) is 5.59. The first-order valence-corrected chi connectivity index (χ1v) is 7.82. The van der Waals surface area contributed by atoms with E-state index in [1.807, 2.05) is 61.5 Å². The first-order chi connectivity index (χ1) is 12.1. The summed E-state index contributed by atoms with van der Waals surface area (Å²) < 4.78 is 0. The molecule has 5 heteroatoms. The minimum absolute atomic E-state index is 0.568. The monoisotopic (exact) mass is 331 g/mol. The van der Waals surface area contributed by atoms with Gasteiger partial charge in [-0.2, -0.15) is 5.10 Å². The Kier molecular flexibility index (Phi) is 4.85. The Bertz CT molecular complexity index is 959. The van der Waals surface area contributed by atoms with Crippen LogP contribution in [-0.2, 0) is 9.59 Å². The van der Waals surface area contributed by atoms with E-state index in [2.05, 4.69) is 15.8 Å². The van der Waals surface area contributed by atoms with E-state index >= 15 is 0 Å². The maximum atomic E-state index is 11.9. The zero-order valence-corrected chi connectivity index (χ0v) is 13.7. The van der Waals surface area contributed by atoms with Crippen LogP contribution in [0, 0.1) is 6.92 Å². The van der Waals surface area contributed by atoms with Gasteiger partial charge in [0.05, 0.1) is 6.21 Å². The van der Waals surface area contributed by atoms with Crippen LogP contribution in [0.2, 0.25) is 0 Å². The summed E-state index contributed by atoms with van der Waals surface area (Å²) in [6.45, 7) is 1.91. The van der Waals surface area contributed by atoms with Crippen molar-refractivity contribution in [2.75, 3.05) is 5.32 Å². The zero-order chi connectivity index (χ0) is 17.6. The summed E-state index contributed by atoms with van der Waals surface area (Å²) >= 11 is 0. The molecule has 0 atom stereocenters. The second-order valence-corrected chi connectivity index (χ2v) is 5.59. The van der Waals surface area contributed by atoms with Gasteiger partial charge < -0.3 is 5.32 Å². The Morgan fingerprint density at radius 1 is 0.920 bits per heavy atom. The van der Waals surface area contributed by atoms with Crippen molar-refractivity contribution in [3.8, 4) is 0 Å². The molecule has 3 rings (SSSR count). The van der Waals surface area contributed by atoms with Crippen LogP contribution in [0.15, 0.2) is 71.8 Å². The number of carbonyl (C=O) groups is 2. The predicted molar refractivity (Wildman–Crippen MR) is 99.5 cm³/mol. The van der Waals surface area contributed by atoms with E-state index in [-0.39, 0.29) is 0 Å². The molecule has 124 valence electrons. The lowest BCUT2D eigenvalue weighted by Gasteiger charge is -2.05. The number of nitrogens with zero attached hydrogens (tertiary/aromatic N) is 1. The summed E-state index contributed by atoms with van der Waals surface area (Å²) in [6, 6.07) is 20.9. The van der Waals surface area contributed by atoms with E-state index in [9.17, 15) is 9.59 Å². The molecule has 0 aromatic heterocycles. The fourth-order valence-corrected chi connectivity index (χ4v) is 2.48. The third-order valence-electron chi connectivity index (χ3n) is 3.68. The first-order valence-electron chi connectivity index (χ1n) is 7.82. The van der Waals surface area contributed by atoms with Crippen molar-refractivity contribution in [3.63, 3.8) is 0 Å². The fourth-order valence-electron chi connectivity index (χ4n) is 2.48. The topological polar surface area (TPSA) is 70.6 Å². The maximum Gasteiger partial charge on any atom is 0.329 e. The summed E-state index contributed by atoms with van der Waals surface area (Å²) in [7, 11) is 0. The van der Waals surface area contributed by atoms with Crippen LogP contribution in [0.1, 0.15) is 11.1 Å². The molecule has 0 heterocycles. The second kappa shape index (κ2) is 7.40. The van der Waals surface area contributed by atoms with Gasteiger partial charge in [0.15, 0.2) is 0 Å². The lowest BCUT2D eigenvalue weighted by atomic mass is 10.1. The van der Waals surface area contributed by atoms with E-state index < -0.39 is 11.8 Å². The van der Waals surface area contributed by atoms with Crippen LogP contribution < -0.4 is 10.7 Å². The lowest BCUT2D eigenvalue weighted by molar-refractivity contribution is -0.136. The van der Waals surface area contributed by atoms with Gasteiger partial charge in [0, 0.05) is 11.3 Å². The average Bonchev–Trinajstić information content (AvgIpc) is 2.62. The molecule has 0 aliphatic carbocycles. The third kappa shape index (κ3) is 4.09. The minimum Gasteiger partial charge on any atom is -0.318 e. The number of hydrazone groups is 1. The molecule has 0 aliphatic rings. The number of rotatable bonds is 3. The Hall–Kier alpha value is -3.47. The number of aryl methyl sites for hydroxylation is 1. The molecule has 0 saturated carbocycles. The Balaban J connectivity index is 1.65. The number of hydrogen-bond donors (Lipinski definition) is 2. The quantitative estimate of drug-likeness (QED) is 0.439. The molecule has 0 unspecified atom stereocenters. The van der Waals surface area contributed by atoms with Gasteiger partial charge in [-0.05, 0) is 35.4 Å². The normalized spacial score (nSPS) is 10.8. The van der Waals surface area contributed by atoms with Gasteiger partial charge >= 0.3 is 11.8 Å². The van der Waals surface area contributed by atoms with Crippen molar-refractivity contribution in [1.29, 1.82) is 0 Å². The summed E-state index contributed by atoms with van der Waals surface area (Å²) in [5, 5.41) is 8.52. The van der Waals surface area contributed by atoms with Gasteiger partial charge in [-0.15, -0.1) is 0 Å². The molecule has 0 saturated heterocycles. The number of nitrogens with one attached hydrogen (secondary N) is 2. The highest BCUT2D eigenvalue weighted by molar-refractivity contribution is 6.39. The first kappa shape index (κ1) is 16.4. The minimum atomic E-state index is -0.821. The van der Waals surface area contributed by atoms with Crippen molar-refractivity contribution in [3.05, 3.63) is 77.9 Å². The fraction of sp³-hybridized carbons (Fsp3) is 0.0500. The van der Waals surface area contributed by atoms with E-state index in [0.29, 0.717) is 5.69 Å². The molecule has 3 aromatic carbocycles. The smallest absolute Gasteiger partial charge is 0.318 e. The van der Waals surface area contributed by atoms with Crippen LogP contribution in [0.25, 0.3) is 10.8 Å². The summed E-state index contributed by atoms with van der Waals surface area (Å²) in [4.78, 5) is 23.7. The third-order valence-corrected chi connectivity index (χ3v) is 3.68. The van der Waals surface area contributed by atoms with Crippen LogP contribution >= 0.6 is 0 Å². The highest BCUT2D eigenvalue weighted by atomic mass is 16.2. The number of anilines is 1. The zero-order valence-electron chi connectivity index (χ0n) is 13.7. The SMILES string of the molecule is Cc1cccc(NC(=O)C(=O)N/N=C\c2cccc3ccccc23)c1. The van der Waals surface area contributed by atoms with Crippen molar-refractivity contribution in [2.45, 2.75) is 6.92 Å². The van der Waals surface area contributed by atoms with Crippen LogP contribution in [0.3, 0.4) is 0 Å². The van der Waals surface area contributed by atoms with Gasteiger partial charge in [0.2, 0.25) is 0 Å². The molecule has 0 spiro atoms. The molecular formula is C20H17N3O2. The Morgan fingerprint density at radius 3 is 2.52 bits per heavy atom. The largest absolute Gasteiger partial charge is 0.329 e.